The molecule has 1 heterocycles. The Kier molecular flexibility index (Phi) is 5.23. The molecule has 0 amide bonds. The summed E-state index contributed by atoms with van der Waals surface area (Å²) < 4.78 is 6.47. The lowest BCUT2D eigenvalue weighted by molar-refractivity contribution is 0.374. The van der Waals surface area contributed by atoms with E-state index < -0.39 is 0 Å². The summed E-state index contributed by atoms with van der Waals surface area (Å²) in [5.74, 6) is 1.60. The van der Waals surface area contributed by atoms with Crippen molar-refractivity contribution < 1.29 is 4.52 Å². The monoisotopic (exact) mass is 390 g/mol. The minimum Gasteiger partial charge on any atom is -0.359 e. The largest absolute Gasteiger partial charge is 0.359 e. The van der Waals surface area contributed by atoms with Crippen LogP contribution in [0.2, 0.25) is 0 Å². The van der Waals surface area contributed by atoms with E-state index in [1.165, 1.54) is 22.9 Å². The molecule has 1 aromatic carbocycles. The number of hydrogen-bond acceptors (Lipinski definition) is 3. The molecule has 2 N–H and O–H groups in total. The standard InChI is InChI=1S/C18H23BrN4O/c1-3-13-10-14(24-23-13)11-21-17(20-2)22-12-18(8-9-18)15-6-4-5-7-16(15)19/h4-7,10H,3,8-9,11-12H2,1-2H3,(H2,20,21,22). The van der Waals surface area contributed by atoms with E-state index in [2.05, 4.69) is 67.9 Å². The van der Waals surface area contributed by atoms with Crippen molar-refractivity contribution in [2.24, 2.45) is 4.99 Å². The highest BCUT2D eigenvalue weighted by molar-refractivity contribution is 9.10. The van der Waals surface area contributed by atoms with E-state index in [0.717, 1.165) is 30.4 Å². The van der Waals surface area contributed by atoms with Crippen molar-refractivity contribution in [3.8, 4) is 0 Å². The van der Waals surface area contributed by atoms with Crippen molar-refractivity contribution >= 4 is 21.9 Å². The molecule has 0 radical (unpaired) electrons. The van der Waals surface area contributed by atoms with Gasteiger partial charge in [-0.15, -0.1) is 0 Å². The van der Waals surface area contributed by atoms with Crippen LogP contribution in [-0.2, 0) is 18.4 Å². The van der Waals surface area contributed by atoms with Crippen LogP contribution < -0.4 is 10.6 Å². The lowest BCUT2D eigenvalue weighted by Gasteiger charge is -2.20. The van der Waals surface area contributed by atoms with Gasteiger partial charge in [-0.3, -0.25) is 4.99 Å². The van der Waals surface area contributed by atoms with Crippen LogP contribution >= 0.6 is 15.9 Å². The number of aryl methyl sites for hydroxylation is 1. The van der Waals surface area contributed by atoms with Gasteiger partial charge in [-0.05, 0) is 30.9 Å². The maximum Gasteiger partial charge on any atom is 0.191 e. The zero-order valence-electron chi connectivity index (χ0n) is 14.1. The Morgan fingerprint density at radius 3 is 2.75 bits per heavy atom. The molecule has 1 aliphatic rings. The maximum atomic E-state index is 5.29. The van der Waals surface area contributed by atoms with Crippen LogP contribution in [0.1, 0.15) is 36.8 Å². The lowest BCUT2D eigenvalue weighted by atomic mass is 9.96. The van der Waals surface area contributed by atoms with Crippen molar-refractivity contribution in [2.45, 2.75) is 38.1 Å². The van der Waals surface area contributed by atoms with Gasteiger partial charge < -0.3 is 15.2 Å². The molecular formula is C18H23BrN4O. The molecule has 1 aliphatic carbocycles. The first-order chi connectivity index (χ1) is 11.7. The van der Waals surface area contributed by atoms with E-state index in [1.54, 1.807) is 7.05 Å². The fourth-order valence-corrected chi connectivity index (χ4v) is 3.54. The van der Waals surface area contributed by atoms with Crippen molar-refractivity contribution in [2.75, 3.05) is 13.6 Å². The molecule has 0 bridgehead atoms. The average Bonchev–Trinajstić information content (AvgIpc) is 3.24. The van der Waals surface area contributed by atoms with Crippen LogP contribution in [0.5, 0.6) is 0 Å². The van der Waals surface area contributed by atoms with E-state index in [-0.39, 0.29) is 5.41 Å². The zero-order valence-corrected chi connectivity index (χ0v) is 15.7. The number of aliphatic imine (C=N–C) groups is 1. The summed E-state index contributed by atoms with van der Waals surface area (Å²) in [6, 6.07) is 10.4. The number of aromatic nitrogens is 1. The van der Waals surface area contributed by atoms with Crippen LogP contribution in [0.3, 0.4) is 0 Å². The molecule has 3 rings (SSSR count). The normalized spacial score (nSPS) is 16.0. The molecule has 1 saturated carbocycles. The third-order valence-corrected chi connectivity index (χ3v) is 5.21. The van der Waals surface area contributed by atoms with Gasteiger partial charge in [0.05, 0.1) is 12.2 Å². The number of guanidine groups is 1. The molecule has 5 nitrogen and oxygen atoms in total. The van der Waals surface area contributed by atoms with Gasteiger partial charge in [0.15, 0.2) is 11.7 Å². The first kappa shape index (κ1) is 17.0. The highest BCUT2D eigenvalue weighted by Crippen LogP contribution is 2.49. The highest BCUT2D eigenvalue weighted by Gasteiger charge is 2.45. The van der Waals surface area contributed by atoms with E-state index in [4.69, 9.17) is 4.52 Å². The minimum absolute atomic E-state index is 0.208. The Morgan fingerprint density at radius 2 is 2.12 bits per heavy atom. The maximum absolute atomic E-state index is 5.29. The SMILES string of the molecule is CCc1cc(CNC(=NC)NCC2(c3ccccc3Br)CC2)on1. The molecule has 0 aliphatic heterocycles. The number of benzene rings is 1. The summed E-state index contributed by atoms with van der Waals surface area (Å²) in [6.45, 7) is 3.51. The number of halogens is 1. The van der Waals surface area contributed by atoms with Crippen LogP contribution in [0.15, 0.2) is 44.3 Å². The fourth-order valence-electron chi connectivity index (χ4n) is 2.83. The molecule has 0 unspecified atom stereocenters. The van der Waals surface area contributed by atoms with Crippen molar-refractivity contribution in [1.29, 1.82) is 0 Å². The first-order valence-electron chi connectivity index (χ1n) is 8.31. The van der Waals surface area contributed by atoms with Crippen molar-refractivity contribution in [3.63, 3.8) is 0 Å². The molecule has 128 valence electrons. The van der Waals surface area contributed by atoms with Crippen LogP contribution in [0.4, 0.5) is 0 Å². The molecule has 0 atom stereocenters. The smallest absolute Gasteiger partial charge is 0.191 e. The number of rotatable bonds is 6. The molecule has 1 aromatic heterocycles. The lowest BCUT2D eigenvalue weighted by Crippen LogP contribution is -2.40. The molecule has 2 aromatic rings. The van der Waals surface area contributed by atoms with Crippen molar-refractivity contribution in [1.82, 2.24) is 15.8 Å². The van der Waals surface area contributed by atoms with Gasteiger partial charge >= 0.3 is 0 Å². The van der Waals surface area contributed by atoms with Gasteiger partial charge in [-0.25, -0.2) is 0 Å². The van der Waals surface area contributed by atoms with Crippen molar-refractivity contribution in [3.05, 3.63) is 51.8 Å². The van der Waals surface area contributed by atoms with Crippen LogP contribution in [0.25, 0.3) is 0 Å². The Bertz CT molecular complexity index is 721. The minimum atomic E-state index is 0.208. The van der Waals surface area contributed by atoms with Crippen LogP contribution in [0, 0.1) is 0 Å². The Labute approximate surface area is 151 Å². The predicted molar refractivity (Wildman–Crippen MR) is 99.1 cm³/mol. The fraction of sp³-hybridized carbons (Fsp3) is 0.444. The second-order valence-electron chi connectivity index (χ2n) is 6.18. The topological polar surface area (TPSA) is 62.5 Å². The van der Waals surface area contributed by atoms with Gasteiger partial charge in [0.25, 0.3) is 0 Å². The Morgan fingerprint density at radius 1 is 1.33 bits per heavy atom. The molecule has 6 heteroatoms. The van der Waals surface area contributed by atoms with Crippen LogP contribution in [-0.4, -0.2) is 24.7 Å². The molecular weight excluding hydrogens is 368 g/mol. The number of nitrogens with zero attached hydrogens (tertiary/aromatic N) is 2. The second kappa shape index (κ2) is 7.38. The Hall–Kier alpha value is -1.82. The second-order valence-corrected chi connectivity index (χ2v) is 7.03. The van der Waals surface area contributed by atoms with E-state index >= 15 is 0 Å². The van der Waals surface area contributed by atoms with Gasteiger partial charge in [0, 0.05) is 29.5 Å². The van der Waals surface area contributed by atoms with E-state index in [9.17, 15) is 0 Å². The Balaban J connectivity index is 1.56. The summed E-state index contributed by atoms with van der Waals surface area (Å²) in [5.41, 5.74) is 2.55. The summed E-state index contributed by atoms with van der Waals surface area (Å²) in [4.78, 5) is 4.30. The molecule has 0 saturated heterocycles. The van der Waals surface area contributed by atoms with E-state index in [1.807, 2.05) is 6.07 Å². The summed E-state index contributed by atoms with van der Waals surface area (Å²) in [5, 5.41) is 10.7. The quantitative estimate of drug-likeness (QED) is 0.585. The molecule has 1 fully saturated rings. The number of hydrogen-bond donors (Lipinski definition) is 2. The number of nitrogens with one attached hydrogen (secondary N) is 2. The summed E-state index contributed by atoms with van der Waals surface area (Å²) in [6.07, 6.45) is 3.27. The first-order valence-corrected chi connectivity index (χ1v) is 9.10. The third kappa shape index (κ3) is 3.80. The van der Waals surface area contributed by atoms with E-state index in [0.29, 0.717) is 6.54 Å². The van der Waals surface area contributed by atoms with Gasteiger partial charge in [-0.2, -0.15) is 0 Å². The van der Waals surface area contributed by atoms with Gasteiger partial charge in [0.1, 0.15) is 0 Å². The third-order valence-electron chi connectivity index (χ3n) is 4.52. The average molecular weight is 391 g/mol. The van der Waals surface area contributed by atoms with Gasteiger partial charge in [0.2, 0.25) is 0 Å². The summed E-state index contributed by atoms with van der Waals surface area (Å²) >= 11 is 3.67. The van der Waals surface area contributed by atoms with Gasteiger partial charge in [-0.1, -0.05) is 46.2 Å². The molecule has 24 heavy (non-hydrogen) atoms. The highest BCUT2D eigenvalue weighted by atomic mass is 79.9. The summed E-state index contributed by atoms with van der Waals surface area (Å²) in [7, 11) is 1.78. The molecule has 0 spiro atoms. The predicted octanol–water partition coefficient (Wildman–Crippen LogP) is 3.40. The zero-order chi connectivity index (χ0) is 17.0.